The van der Waals surface area contributed by atoms with Crippen molar-refractivity contribution in [2.45, 2.75) is 31.9 Å². The van der Waals surface area contributed by atoms with E-state index >= 15 is 0 Å². The number of nitro groups is 1. The van der Waals surface area contributed by atoms with E-state index in [1.807, 2.05) is 0 Å². The quantitative estimate of drug-likeness (QED) is 0.320. The molecule has 0 spiro atoms. The van der Waals surface area contributed by atoms with Crippen molar-refractivity contribution in [3.63, 3.8) is 0 Å². The monoisotopic (exact) mass is 416 g/mol. The number of nitro benzene ring substituents is 1. The first-order valence-electron chi connectivity index (χ1n) is 8.87. The number of amides is 1. The van der Waals surface area contributed by atoms with Crippen LogP contribution in [-0.4, -0.2) is 34.7 Å². The standard InChI is InChI=1S/C20H17ClN2O6/c1-11(19(25)22-13-7-8-13)29-20(26)15-5-3-2-4-14(15)18(24)12-6-9-16(21)17(10-12)23(27)28/h2-6,9-11,13H,7-8H2,1H3,(H,22,25)/t11-/m0/s1. The molecule has 1 saturated carbocycles. The molecule has 3 rings (SSSR count). The Morgan fingerprint density at radius 3 is 2.45 bits per heavy atom. The number of esters is 1. The highest BCUT2D eigenvalue weighted by atomic mass is 35.5. The first-order valence-corrected chi connectivity index (χ1v) is 9.24. The third-order valence-corrected chi connectivity index (χ3v) is 4.69. The first kappa shape index (κ1) is 20.5. The fourth-order valence-electron chi connectivity index (χ4n) is 2.63. The van der Waals surface area contributed by atoms with E-state index in [1.165, 1.54) is 31.2 Å². The lowest BCUT2D eigenvalue weighted by atomic mass is 9.98. The molecule has 1 amide bonds. The smallest absolute Gasteiger partial charge is 0.339 e. The third kappa shape index (κ3) is 4.78. The predicted molar refractivity (Wildman–Crippen MR) is 104 cm³/mol. The van der Waals surface area contributed by atoms with E-state index in [4.69, 9.17) is 16.3 Å². The van der Waals surface area contributed by atoms with Crippen LogP contribution in [-0.2, 0) is 9.53 Å². The van der Waals surface area contributed by atoms with Gasteiger partial charge in [0, 0.05) is 23.2 Å². The first-order chi connectivity index (χ1) is 13.8. The molecule has 0 radical (unpaired) electrons. The average Bonchev–Trinajstić information content (AvgIpc) is 3.51. The van der Waals surface area contributed by atoms with Gasteiger partial charge < -0.3 is 10.1 Å². The molecule has 2 aromatic rings. The van der Waals surface area contributed by atoms with Gasteiger partial charge in [0.1, 0.15) is 5.02 Å². The second-order valence-electron chi connectivity index (χ2n) is 6.63. The Bertz CT molecular complexity index is 1000. The summed E-state index contributed by atoms with van der Waals surface area (Å²) in [4.78, 5) is 47.8. The zero-order valence-corrected chi connectivity index (χ0v) is 16.1. The topological polar surface area (TPSA) is 116 Å². The molecule has 9 heteroatoms. The Balaban J connectivity index is 1.83. The molecule has 150 valence electrons. The summed E-state index contributed by atoms with van der Waals surface area (Å²) in [5.74, 6) is -1.85. The van der Waals surface area contributed by atoms with E-state index in [-0.39, 0.29) is 27.8 Å². The van der Waals surface area contributed by atoms with Crippen LogP contribution in [0, 0.1) is 10.1 Å². The van der Waals surface area contributed by atoms with Gasteiger partial charge in [0.25, 0.3) is 11.6 Å². The molecule has 1 fully saturated rings. The van der Waals surface area contributed by atoms with E-state index in [2.05, 4.69) is 5.32 Å². The Kier molecular flexibility index (Phi) is 5.93. The number of benzene rings is 2. The van der Waals surface area contributed by atoms with Crippen molar-refractivity contribution in [2.24, 2.45) is 0 Å². The highest BCUT2D eigenvalue weighted by Crippen LogP contribution is 2.27. The highest BCUT2D eigenvalue weighted by Gasteiger charge is 2.28. The van der Waals surface area contributed by atoms with Crippen molar-refractivity contribution in [1.82, 2.24) is 5.32 Å². The van der Waals surface area contributed by atoms with Gasteiger partial charge in [0.15, 0.2) is 11.9 Å². The normalized spacial score (nSPS) is 14.0. The molecule has 0 aromatic heterocycles. The van der Waals surface area contributed by atoms with E-state index in [0.717, 1.165) is 18.9 Å². The molecule has 0 unspecified atom stereocenters. The molecule has 8 nitrogen and oxygen atoms in total. The Morgan fingerprint density at radius 1 is 1.17 bits per heavy atom. The number of rotatable bonds is 7. The fraction of sp³-hybridized carbons (Fsp3) is 0.250. The lowest BCUT2D eigenvalue weighted by Gasteiger charge is -2.14. The van der Waals surface area contributed by atoms with Crippen LogP contribution in [0.3, 0.4) is 0 Å². The fourth-order valence-corrected chi connectivity index (χ4v) is 2.82. The van der Waals surface area contributed by atoms with E-state index < -0.39 is 34.4 Å². The molecule has 1 atom stereocenters. The van der Waals surface area contributed by atoms with Crippen LogP contribution in [0.25, 0.3) is 0 Å². The summed E-state index contributed by atoms with van der Waals surface area (Å²) >= 11 is 5.79. The molecule has 2 aromatic carbocycles. The van der Waals surface area contributed by atoms with Gasteiger partial charge in [-0.15, -0.1) is 0 Å². The second-order valence-corrected chi connectivity index (χ2v) is 7.04. The van der Waals surface area contributed by atoms with Gasteiger partial charge in [0.05, 0.1) is 10.5 Å². The van der Waals surface area contributed by atoms with Gasteiger partial charge >= 0.3 is 5.97 Å². The predicted octanol–water partition coefficient (Wildman–Crippen LogP) is 3.30. The third-order valence-electron chi connectivity index (χ3n) is 4.37. The van der Waals surface area contributed by atoms with Crippen molar-refractivity contribution in [1.29, 1.82) is 0 Å². The van der Waals surface area contributed by atoms with Crippen LogP contribution in [0.15, 0.2) is 42.5 Å². The Morgan fingerprint density at radius 2 is 1.83 bits per heavy atom. The van der Waals surface area contributed by atoms with E-state index in [9.17, 15) is 24.5 Å². The zero-order valence-electron chi connectivity index (χ0n) is 15.4. The summed E-state index contributed by atoms with van der Waals surface area (Å²) in [5, 5.41) is 13.7. The van der Waals surface area contributed by atoms with Crippen molar-refractivity contribution in [3.8, 4) is 0 Å². The molecular formula is C20H17ClN2O6. The maximum Gasteiger partial charge on any atom is 0.339 e. The molecule has 1 aliphatic carbocycles. The number of hydrogen-bond donors (Lipinski definition) is 1. The van der Waals surface area contributed by atoms with Gasteiger partial charge in [0.2, 0.25) is 0 Å². The Labute approximate surface area is 171 Å². The number of carbonyl (C=O) groups is 3. The molecular weight excluding hydrogens is 400 g/mol. The maximum absolute atomic E-state index is 12.9. The summed E-state index contributed by atoms with van der Waals surface area (Å²) in [6.45, 7) is 1.45. The highest BCUT2D eigenvalue weighted by molar-refractivity contribution is 6.33. The lowest BCUT2D eigenvalue weighted by Crippen LogP contribution is -2.37. The van der Waals surface area contributed by atoms with Crippen molar-refractivity contribution in [2.75, 3.05) is 0 Å². The number of ether oxygens (including phenoxy) is 1. The number of ketones is 1. The van der Waals surface area contributed by atoms with Crippen LogP contribution in [0.5, 0.6) is 0 Å². The molecule has 1 N–H and O–H groups in total. The van der Waals surface area contributed by atoms with Crippen LogP contribution in [0.2, 0.25) is 5.02 Å². The number of nitrogens with zero attached hydrogens (tertiary/aromatic N) is 1. The SMILES string of the molecule is C[C@H](OC(=O)c1ccccc1C(=O)c1ccc(Cl)c([N+](=O)[O-])c1)C(=O)NC1CC1. The second kappa shape index (κ2) is 8.40. The molecule has 1 aliphatic rings. The summed E-state index contributed by atoms with van der Waals surface area (Å²) in [5.41, 5.74) is -0.450. The van der Waals surface area contributed by atoms with Gasteiger partial charge in [-0.3, -0.25) is 19.7 Å². The number of carbonyl (C=O) groups excluding carboxylic acids is 3. The van der Waals surface area contributed by atoms with E-state index in [0.29, 0.717) is 0 Å². The van der Waals surface area contributed by atoms with Gasteiger partial charge in [-0.25, -0.2) is 4.79 Å². The number of hydrogen-bond acceptors (Lipinski definition) is 6. The van der Waals surface area contributed by atoms with Crippen molar-refractivity contribution >= 4 is 34.9 Å². The lowest BCUT2D eigenvalue weighted by molar-refractivity contribution is -0.384. The van der Waals surface area contributed by atoms with E-state index in [1.54, 1.807) is 12.1 Å². The average molecular weight is 417 g/mol. The van der Waals surface area contributed by atoms with Crippen LogP contribution >= 0.6 is 11.6 Å². The molecule has 0 bridgehead atoms. The minimum Gasteiger partial charge on any atom is -0.449 e. The largest absolute Gasteiger partial charge is 0.449 e. The van der Waals surface area contributed by atoms with Crippen LogP contribution in [0.4, 0.5) is 5.69 Å². The van der Waals surface area contributed by atoms with Crippen LogP contribution < -0.4 is 5.32 Å². The summed E-state index contributed by atoms with van der Waals surface area (Å²) < 4.78 is 5.20. The molecule has 0 heterocycles. The molecule has 0 saturated heterocycles. The van der Waals surface area contributed by atoms with Gasteiger partial charge in [-0.05, 0) is 38.0 Å². The van der Waals surface area contributed by atoms with Gasteiger partial charge in [-0.2, -0.15) is 0 Å². The van der Waals surface area contributed by atoms with Crippen molar-refractivity contribution < 1.29 is 24.0 Å². The summed E-state index contributed by atoms with van der Waals surface area (Å²) in [6, 6.07) is 9.67. The summed E-state index contributed by atoms with van der Waals surface area (Å²) in [6.07, 6.45) is 0.774. The van der Waals surface area contributed by atoms with Crippen molar-refractivity contribution in [3.05, 3.63) is 74.3 Å². The van der Waals surface area contributed by atoms with Crippen LogP contribution in [0.1, 0.15) is 46.0 Å². The maximum atomic E-state index is 12.9. The summed E-state index contributed by atoms with van der Waals surface area (Å²) in [7, 11) is 0. The van der Waals surface area contributed by atoms with Gasteiger partial charge in [-0.1, -0.05) is 29.8 Å². The minimum atomic E-state index is -1.03. The Hall–Kier alpha value is -3.26. The molecule has 0 aliphatic heterocycles. The molecule has 29 heavy (non-hydrogen) atoms. The number of nitrogens with one attached hydrogen (secondary N) is 1. The zero-order chi connectivity index (χ0) is 21.1. The minimum absolute atomic E-state index is 0.000810. The number of halogens is 1.